The van der Waals surface area contributed by atoms with E-state index in [1.165, 1.54) is 0 Å². The molecule has 0 rings (SSSR count). The average molecular weight is 231 g/mol. The average Bonchev–Trinajstić information content (AvgIpc) is 1.97. The molecule has 0 fully saturated rings. The first-order valence-corrected chi connectivity index (χ1v) is 7.05. The molecule has 0 aliphatic heterocycles. The molecule has 0 aromatic carbocycles. The lowest BCUT2D eigenvalue weighted by molar-refractivity contribution is 0.484. The highest BCUT2D eigenvalue weighted by Crippen LogP contribution is 1.95. The highest BCUT2D eigenvalue weighted by molar-refractivity contribution is 7.93. The number of rotatable bonds is 6. The van der Waals surface area contributed by atoms with Crippen LogP contribution in [-0.4, -0.2) is 45.2 Å². The topological polar surface area (TPSA) is 115 Å². The van der Waals surface area contributed by atoms with Gasteiger partial charge < -0.3 is 5.73 Å². The molecule has 0 aromatic rings. The van der Waals surface area contributed by atoms with E-state index in [4.69, 9.17) is 10.3 Å². The fourth-order valence-corrected chi connectivity index (χ4v) is 3.31. The van der Waals surface area contributed by atoms with Crippen molar-refractivity contribution in [2.75, 3.05) is 23.8 Å². The lowest BCUT2D eigenvalue weighted by atomic mass is 10.5. The molecule has 0 spiro atoms. The van der Waals surface area contributed by atoms with Gasteiger partial charge in [-0.25, -0.2) is 8.42 Å². The monoisotopic (exact) mass is 231 g/mol. The molecule has 6 nitrogen and oxygen atoms in total. The van der Waals surface area contributed by atoms with Crippen LogP contribution in [0, 0.1) is 0 Å². The molecular weight excluding hydrogens is 218 g/mol. The molecule has 0 radical (unpaired) electrons. The smallest absolute Gasteiger partial charge is 0.265 e. The van der Waals surface area contributed by atoms with E-state index in [1.807, 2.05) is 0 Å². The predicted molar refractivity (Wildman–Crippen MR) is 48.7 cm³/mol. The van der Waals surface area contributed by atoms with Crippen LogP contribution in [0.4, 0.5) is 0 Å². The Morgan fingerprint density at radius 3 is 1.92 bits per heavy atom. The van der Waals surface area contributed by atoms with E-state index < -0.39 is 31.5 Å². The summed E-state index contributed by atoms with van der Waals surface area (Å²) in [6.45, 7) is 0.241. The van der Waals surface area contributed by atoms with Gasteiger partial charge in [0.15, 0.2) is 9.84 Å². The first-order chi connectivity index (χ1) is 5.77. The second-order valence-corrected chi connectivity index (χ2v) is 6.46. The highest BCUT2D eigenvalue weighted by Gasteiger charge is 2.14. The van der Waals surface area contributed by atoms with E-state index in [1.54, 1.807) is 0 Å². The second kappa shape index (κ2) is 4.89. The molecule has 0 amide bonds. The molecule has 0 aliphatic carbocycles. The Labute approximate surface area is 77.8 Å². The van der Waals surface area contributed by atoms with Crippen LogP contribution in [0.1, 0.15) is 6.42 Å². The maximum absolute atomic E-state index is 11.0. The van der Waals surface area contributed by atoms with E-state index in [0.29, 0.717) is 6.42 Å². The SMILES string of the molecule is NCCCS(=O)(=O)CCS(=O)(=O)O. The van der Waals surface area contributed by atoms with Crippen molar-refractivity contribution in [1.82, 2.24) is 0 Å². The summed E-state index contributed by atoms with van der Waals surface area (Å²) >= 11 is 0. The summed E-state index contributed by atoms with van der Waals surface area (Å²) in [4.78, 5) is 0. The minimum Gasteiger partial charge on any atom is -0.330 e. The van der Waals surface area contributed by atoms with Gasteiger partial charge in [0.1, 0.15) is 0 Å². The van der Waals surface area contributed by atoms with Gasteiger partial charge in [0.05, 0.1) is 17.3 Å². The van der Waals surface area contributed by atoms with Gasteiger partial charge in [0.25, 0.3) is 10.1 Å². The second-order valence-electron chi connectivity index (χ2n) is 2.58. The van der Waals surface area contributed by atoms with E-state index in [0.717, 1.165) is 0 Å². The van der Waals surface area contributed by atoms with Crippen molar-refractivity contribution in [3.63, 3.8) is 0 Å². The Bertz CT molecular complexity index is 330. The molecule has 0 unspecified atom stereocenters. The first kappa shape index (κ1) is 12.8. The third-order valence-corrected chi connectivity index (χ3v) is 4.03. The largest absolute Gasteiger partial charge is 0.330 e. The van der Waals surface area contributed by atoms with Gasteiger partial charge in [-0.05, 0) is 13.0 Å². The number of sulfone groups is 1. The minimum atomic E-state index is -4.19. The minimum absolute atomic E-state index is 0.140. The zero-order valence-corrected chi connectivity index (χ0v) is 8.64. The fraction of sp³-hybridized carbons (Fsp3) is 1.00. The number of nitrogens with two attached hydrogens (primary N) is 1. The zero-order chi connectivity index (χ0) is 10.5. The molecular formula is C5H13NO5S2. The molecule has 0 bridgehead atoms. The maximum Gasteiger partial charge on any atom is 0.265 e. The molecule has 0 aromatic heterocycles. The van der Waals surface area contributed by atoms with Crippen LogP contribution < -0.4 is 5.73 Å². The van der Waals surface area contributed by atoms with Gasteiger partial charge in [-0.3, -0.25) is 4.55 Å². The van der Waals surface area contributed by atoms with Crippen LogP contribution in [0.25, 0.3) is 0 Å². The molecule has 0 saturated carbocycles. The molecule has 0 saturated heterocycles. The normalized spacial score (nSPS) is 13.1. The summed E-state index contributed by atoms with van der Waals surface area (Å²) in [6.07, 6.45) is 0.299. The van der Waals surface area contributed by atoms with E-state index >= 15 is 0 Å². The van der Waals surface area contributed by atoms with Crippen LogP contribution in [0.15, 0.2) is 0 Å². The lowest BCUT2D eigenvalue weighted by Gasteiger charge is -2.00. The Balaban J connectivity index is 4.05. The van der Waals surface area contributed by atoms with Gasteiger partial charge in [0, 0.05) is 0 Å². The van der Waals surface area contributed by atoms with Gasteiger partial charge in [-0.2, -0.15) is 8.42 Å². The van der Waals surface area contributed by atoms with Crippen molar-refractivity contribution in [2.45, 2.75) is 6.42 Å². The quantitative estimate of drug-likeness (QED) is 0.545. The lowest BCUT2D eigenvalue weighted by Crippen LogP contribution is -2.20. The molecule has 8 heteroatoms. The van der Waals surface area contributed by atoms with Crippen molar-refractivity contribution in [3.05, 3.63) is 0 Å². The Kier molecular flexibility index (Phi) is 4.82. The van der Waals surface area contributed by atoms with Crippen molar-refractivity contribution < 1.29 is 21.4 Å². The van der Waals surface area contributed by atoms with Crippen molar-refractivity contribution in [3.8, 4) is 0 Å². The van der Waals surface area contributed by atoms with Gasteiger partial charge in [-0.15, -0.1) is 0 Å². The van der Waals surface area contributed by atoms with Crippen LogP contribution in [-0.2, 0) is 20.0 Å². The third kappa shape index (κ3) is 8.16. The van der Waals surface area contributed by atoms with E-state index in [2.05, 4.69) is 0 Å². The van der Waals surface area contributed by atoms with Crippen LogP contribution in [0.5, 0.6) is 0 Å². The van der Waals surface area contributed by atoms with Crippen molar-refractivity contribution >= 4 is 20.0 Å². The first-order valence-electron chi connectivity index (χ1n) is 3.62. The van der Waals surface area contributed by atoms with Gasteiger partial charge in [0.2, 0.25) is 0 Å². The van der Waals surface area contributed by atoms with Crippen LogP contribution >= 0.6 is 0 Å². The third-order valence-electron chi connectivity index (χ3n) is 1.31. The molecule has 0 atom stereocenters. The molecule has 13 heavy (non-hydrogen) atoms. The van der Waals surface area contributed by atoms with E-state index in [-0.39, 0.29) is 12.3 Å². The summed E-state index contributed by atoms with van der Waals surface area (Å²) in [5.74, 6) is -1.44. The zero-order valence-electron chi connectivity index (χ0n) is 7.01. The van der Waals surface area contributed by atoms with Gasteiger partial charge >= 0.3 is 0 Å². The van der Waals surface area contributed by atoms with Gasteiger partial charge in [-0.1, -0.05) is 0 Å². The standard InChI is InChI=1S/C5H13NO5S2/c6-2-1-3-12(7,8)4-5-13(9,10)11/h1-6H2,(H,9,10,11). The molecule has 0 heterocycles. The van der Waals surface area contributed by atoms with Crippen molar-refractivity contribution in [2.24, 2.45) is 5.73 Å². The Morgan fingerprint density at radius 2 is 1.54 bits per heavy atom. The number of hydrogen-bond donors (Lipinski definition) is 2. The number of hydrogen-bond acceptors (Lipinski definition) is 5. The molecule has 80 valence electrons. The molecule has 3 N–H and O–H groups in total. The van der Waals surface area contributed by atoms with Crippen LogP contribution in [0.3, 0.4) is 0 Å². The summed E-state index contributed by atoms with van der Waals surface area (Å²) < 4.78 is 50.7. The predicted octanol–water partition coefficient (Wildman–Crippen LogP) is -1.36. The summed E-state index contributed by atoms with van der Waals surface area (Å²) in [5, 5.41) is 0. The highest BCUT2D eigenvalue weighted by atomic mass is 32.2. The summed E-state index contributed by atoms with van der Waals surface area (Å²) in [5.41, 5.74) is 5.09. The Morgan fingerprint density at radius 1 is 1.00 bits per heavy atom. The Hall–Kier alpha value is -0.180. The van der Waals surface area contributed by atoms with Crippen LogP contribution in [0.2, 0.25) is 0 Å². The summed E-state index contributed by atoms with van der Waals surface area (Å²) in [6, 6.07) is 0. The van der Waals surface area contributed by atoms with E-state index in [9.17, 15) is 16.8 Å². The van der Waals surface area contributed by atoms with Crippen molar-refractivity contribution in [1.29, 1.82) is 0 Å². The molecule has 0 aliphatic rings. The fourth-order valence-electron chi connectivity index (χ4n) is 0.638. The maximum atomic E-state index is 11.0. The summed E-state index contributed by atoms with van der Waals surface area (Å²) in [7, 11) is -7.59.